The number of hydrogen-bond donors (Lipinski definition) is 0. The molecule has 0 heterocycles. The Labute approximate surface area is 86.4 Å². The molecular formula is C11H21NO2. The van der Waals surface area contributed by atoms with Crippen LogP contribution in [-0.2, 0) is 9.53 Å². The van der Waals surface area contributed by atoms with Gasteiger partial charge in [-0.2, -0.15) is 0 Å². The minimum atomic E-state index is -0.107. The summed E-state index contributed by atoms with van der Waals surface area (Å²) in [6.07, 6.45) is 5.69. The molecule has 0 aromatic rings. The molecule has 0 bridgehead atoms. The van der Waals surface area contributed by atoms with E-state index in [1.165, 1.54) is 19.3 Å². The lowest BCUT2D eigenvalue weighted by molar-refractivity contribution is -0.145. The minimum absolute atomic E-state index is 0.107. The lowest BCUT2D eigenvalue weighted by Gasteiger charge is -2.29. The molecule has 3 heteroatoms. The van der Waals surface area contributed by atoms with Gasteiger partial charge in [0.25, 0.3) is 0 Å². The van der Waals surface area contributed by atoms with E-state index in [9.17, 15) is 4.79 Å². The molecule has 1 fully saturated rings. The highest BCUT2D eigenvalue weighted by atomic mass is 16.5. The normalized spacial score (nSPS) is 20.5. The molecule has 1 aliphatic rings. The number of ether oxygens (including phenoxy) is 1. The van der Waals surface area contributed by atoms with Crippen LogP contribution in [0.5, 0.6) is 0 Å². The summed E-state index contributed by atoms with van der Waals surface area (Å²) in [6, 6.07) is 0. The van der Waals surface area contributed by atoms with Crippen molar-refractivity contribution in [3.8, 4) is 0 Å². The molecule has 1 atom stereocenters. The lowest BCUT2D eigenvalue weighted by Crippen LogP contribution is -2.40. The fourth-order valence-corrected chi connectivity index (χ4v) is 1.97. The summed E-state index contributed by atoms with van der Waals surface area (Å²) in [4.78, 5) is 13.7. The van der Waals surface area contributed by atoms with Gasteiger partial charge in [0.05, 0.1) is 0 Å². The maximum Gasteiger partial charge on any atom is 0.227 e. The van der Waals surface area contributed by atoms with Crippen molar-refractivity contribution < 1.29 is 9.53 Å². The van der Waals surface area contributed by atoms with Gasteiger partial charge in [-0.15, -0.1) is 0 Å². The molecule has 0 aliphatic heterocycles. The molecule has 1 unspecified atom stereocenters. The SMILES string of the molecule is COC(C)N(C)C(=O)C1CCCCC1. The van der Waals surface area contributed by atoms with Crippen molar-refractivity contribution in [3.63, 3.8) is 0 Å². The van der Waals surface area contributed by atoms with Gasteiger partial charge in [-0.1, -0.05) is 19.3 Å². The molecule has 0 N–H and O–H groups in total. The Balaban J connectivity index is 2.46. The highest BCUT2D eigenvalue weighted by molar-refractivity contribution is 5.78. The van der Waals surface area contributed by atoms with Crippen LogP contribution in [0.15, 0.2) is 0 Å². The summed E-state index contributed by atoms with van der Waals surface area (Å²) in [5.41, 5.74) is 0. The van der Waals surface area contributed by atoms with Gasteiger partial charge in [0.1, 0.15) is 6.23 Å². The van der Waals surface area contributed by atoms with Crippen molar-refractivity contribution in [3.05, 3.63) is 0 Å². The molecule has 82 valence electrons. The van der Waals surface area contributed by atoms with Gasteiger partial charge < -0.3 is 9.64 Å². The van der Waals surface area contributed by atoms with Gasteiger partial charge in [-0.05, 0) is 19.8 Å². The molecule has 1 amide bonds. The fraction of sp³-hybridized carbons (Fsp3) is 0.909. The van der Waals surface area contributed by atoms with Crippen LogP contribution >= 0.6 is 0 Å². The average molecular weight is 199 g/mol. The smallest absolute Gasteiger partial charge is 0.227 e. The van der Waals surface area contributed by atoms with E-state index in [1.807, 2.05) is 14.0 Å². The third kappa shape index (κ3) is 2.71. The predicted octanol–water partition coefficient (Wildman–Crippen LogP) is 2.02. The van der Waals surface area contributed by atoms with E-state index in [0.717, 1.165) is 12.8 Å². The highest BCUT2D eigenvalue weighted by Gasteiger charge is 2.26. The second-order valence-electron chi connectivity index (χ2n) is 4.12. The molecule has 1 rings (SSSR count). The van der Waals surface area contributed by atoms with E-state index in [-0.39, 0.29) is 18.1 Å². The van der Waals surface area contributed by atoms with Crippen molar-refractivity contribution in [2.75, 3.05) is 14.2 Å². The Morgan fingerprint density at radius 3 is 2.43 bits per heavy atom. The number of nitrogens with zero attached hydrogens (tertiary/aromatic N) is 1. The third-order valence-electron chi connectivity index (χ3n) is 3.19. The Kier molecular flexibility index (Phi) is 4.39. The summed E-state index contributed by atoms with van der Waals surface area (Å²) >= 11 is 0. The van der Waals surface area contributed by atoms with Crippen molar-refractivity contribution in [2.45, 2.75) is 45.3 Å². The lowest BCUT2D eigenvalue weighted by atomic mass is 9.88. The Morgan fingerprint density at radius 2 is 1.93 bits per heavy atom. The maximum atomic E-state index is 11.9. The van der Waals surface area contributed by atoms with Gasteiger partial charge >= 0.3 is 0 Å². The average Bonchev–Trinajstić information content (AvgIpc) is 2.27. The number of methoxy groups -OCH3 is 1. The van der Waals surface area contributed by atoms with Gasteiger partial charge in [-0.25, -0.2) is 0 Å². The molecule has 14 heavy (non-hydrogen) atoms. The second-order valence-corrected chi connectivity index (χ2v) is 4.12. The van der Waals surface area contributed by atoms with Crippen LogP contribution in [0.3, 0.4) is 0 Å². The van der Waals surface area contributed by atoms with Gasteiger partial charge in [0.15, 0.2) is 0 Å². The van der Waals surface area contributed by atoms with E-state index < -0.39 is 0 Å². The van der Waals surface area contributed by atoms with E-state index in [1.54, 1.807) is 12.0 Å². The highest BCUT2D eigenvalue weighted by Crippen LogP contribution is 2.25. The van der Waals surface area contributed by atoms with Crippen molar-refractivity contribution >= 4 is 5.91 Å². The van der Waals surface area contributed by atoms with E-state index in [2.05, 4.69) is 0 Å². The topological polar surface area (TPSA) is 29.5 Å². The van der Waals surface area contributed by atoms with Gasteiger partial charge in [0, 0.05) is 20.1 Å². The first-order valence-electron chi connectivity index (χ1n) is 5.46. The summed E-state index contributed by atoms with van der Waals surface area (Å²) in [5.74, 6) is 0.491. The van der Waals surface area contributed by atoms with E-state index >= 15 is 0 Å². The molecule has 0 saturated heterocycles. The number of carbonyl (C=O) groups excluding carboxylic acids is 1. The molecule has 0 spiro atoms. The molecule has 1 saturated carbocycles. The number of carbonyl (C=O) groups is 1. The molecule has 1 aliphatic carbocycles. The molecular weight excluding hydrogens is 178 g/mol. The monoisotopic (exact) mass is 199 g/mol. The third-order valence-corrected chi connectivity index (χ3v) is 3.19. The number of amides is 1. The maximum absolute atomic E-state index is 11.9. The summed E-state index contributed by atoms with van der Waals surface area (Å²) in [5, 5.41) is 0. The van der Waals surface area contributed by atoms with Crippen molar-refractivity contribution in [2.24, 2.45) is 5.92 Å². The van der Waals surface area contributed by atoms with Crippen LogP contribution in [-0.4, -0.2) is 31.2 Å². The zero-order chi connectivity index (χ0) is 10.6. The Morgan fingerprint density at radius 1 is 1.36 bits per heavy atom. The first kappa shape index (κ1) is 11.5. The number of rotatable bonds is 3. The molecule has 3 nitrogen and oxygen atoms in total. The van der Waals surface area contributed by atoms with Crippen LogP contribution < -0.4 is 0 Å². The van der Waals surface area contributed by atoms with Crippen molar-refractivity contribution in [1.82, 2.24) is 4.90 Å². The van der Waals surface area contributed by atoms with E-state index in [4.69, 9.17) is 4.74 Å². The first-order valence-corrected chi connectivity index (χ1v) is 5.46. The van der Waals surface area contributed by atoms with Crippen LogP contribution in [0.2, 0.25) is 0 Å². The van der Waals surface area contributed by atoms with Gasteiger partial charge in [-0.3, -0.25) is 4.79 Å². The van der Waals surface area contributed by atoms with E-state index in [0.29, 0.717) is 0 Å². The van der Waals surface area contributed by atoms with Crippen LogP contribution in [0.1, 0.15) is 39.0 Å². The molecule has 0 aromatic heterocycles. The quantitative estimate of drug-likeness (QED) is 0.651. The fourth-order valence-electron chi connectivity index (χ4n) is 1.97. The first-order chi connectivity index (χ1) is 6.66. The molecule has 0 radical (unpaired) electrons. The summed E-state index contributed by atoms with van der Waals surface area (Å²) in [6.45, 7) is 1.90. The largest absolute Gasteiger partial charge is 0.362 e. The standard InChI is InChI=1S/C11H21NO2/c1-9(14-3)12(2)11(13)10-7-5-4-6-8-10/h9-10H,4-8H2,1-3H3. The summed E-state index contributed by atoms with van der Waals surface area (Å²) in [7, 11) is 3.46. The van der Waals surface area contributed by atoms with Crippen molar-refractivity contribution in [1.29, 1.82) is 0 Å². The Bertz CT molecular complexity index is 184. The van der Waals surface area contributed by atoms with Crippen LogP contribution in [0.25, 0.3) is 0 Å². The van der Waals surface area contributed by atoms with Gasteiger partial charge in [0.2, 0.25) is 5.91 Å². The molecule has 0 aromatic carbocycles. The number of hydrogen-bond acceptors (Lipinski definition) is 2. The Hall–Kier alpha value is -0.570. The zero-order valence-electron chi connectivity index (χ0n) is 9.45. The second kappa shape index (κ2) is 5.35. The summed E-state index contributed by atoms with van der Waals surface area (Å²) < 4.78 is 5.13. The van der Waals surface area contributed by atoms with Crippen LogP contribution in [0, 0.1) is 5.92 Å². The van der Waals surface area contributed by atoms with Crippen LogP contribution in [0.4, 0.5) is 0 Å². The minimum Gasteiger partial charge on any atom is -0.362 e. The zero-order valence-corrected chi connectivity index (χ0v) is 9.45. The predicted molar refractivity (Wildman–Crippen MR) is 55.8 cm³/mol.